The Labute approximate surface area is 177 Å². The van der Waals surface area contributed by atoms with Crippen LogP contribution in [0.1, 0.15) is 24.8 Å². The van der Waals surface area contributed by atoms with Gasteiger partial charge >= 0.3 is 0 Å². The highest BCUT2D eigenvalue weighted by Crippen LogP contribution is 2.34. The molecule has 2 aliphatic heterocycles. The number of piperidine rings is 1. The molecular formula is C21H29N3O5S. The molecule has 9 heteroatoms. The molecule has 2 N–H and O–H groups in total. The summed E-state index contributed by atoms with van der Waals surface area (Å²) in [5, 5.41) is 2.96. The molecule has 2 amide bonds. The lowest BCUT2D eigenvalue weighted by Gasteiger charge is -2.42. The van der Waals surface area contributed by atoms with Crippen molar-refractivity contribution in [2.24, 2.45) is 5.41 Å². The van der Waals surface area contributed by atoms with Crippen molar-refractivity contribution < 1.29 is 22.7 Å². The zero-order valence-electron chi connectivity index (χ0n) is 17.2. The van der Waals surface area contributed by atoms with Gasteiger partial charge in [-0.05, 0) is 37.3 Å². The number of sulfonamides is 1. The summed E-state index contributed by atoms with van der Waals surface area (Å²) in [4.78, 5) is 26.6. The average molecular weight is 436 g/mol. The minimum atomic E-state index is -3.43. The summed E-state index contributed by atoms with van der Waals surface area (Å²) in [5.74, 6) is 0.259. The molecule has 30 heavy (non-hydrogen) atoms. The zero-order valence-corrected chi connectivity index (χ0v) is 18.0. The minimum Gasteiger partial charge on any atom is -0.483 e. The molecule has 1 fully saturated rings. The third kappa shape index (κ3) is 6.30. The van der Waals surface area contributed by atoms with Crippen LogP contribution in [0, 0.1) is 5.41 Å². The normalized spacial score (nSPS) is 24.0. The fraction of sp³-hybridized carbons (Fsp3) is 0.524. The predicted octanol–water partition coefficient (Wildman–Crippen LogP) is 0.842. The number of ether oxygens (including phenoxy) is 1. The van der Waals surface area contributed by atoms with Crippen molar-refractivity contribution in [1.82, 2.24) is 14.9 Å². The Morgan fingerprint density at radius 3 is 2.90 bits per heavy atom. The Hall–Kier alpha value is -2.39. The molecule has 1 unspecified atom stereocenters. The van der Waals surface area contributed by atoms with Gasteiger partial charge in [-0.1, -0.05) is 30.4 Å². The molecule has 0 radical (unpaired) electrons. The van der Waals surface area contributed by atoms with Crippen molar-refractivity contribution in [2.45, 2.75) is 25.7 Å². The largest absolute Gasteiger partial charge is 0.483 e. The molecule has 164 valence electrons. The van der Waals surface area contributed by atoms with Crippen LogP contribution in [0.4, 0.5) is 0 Å². The summed E-state index contributed by atoms with van der Waals surface area (Å²) in [5.41, 5.74) is 0.729. The molecule has 1 aromatic rings. The van der Waals surface area contributed by atoms with E-state index in [0.29, 0.717) is 31.8 Å². The van der Waals surface area contributed by atoms with Gasteiger partial charge in [0.15, 0.2) is 6.61 Å². The minimum absolute atomic E-state index is 0.0578. The van der Waals surface area contributed by atoms with Crippen molar-refractivity contribution in [3.05, 3.63) is 42.0 Å². The number of hydrogen-bond donors (Lipinski definition) is 2. The van der Waals surface area contributed by atoms with Crippen LogP contribution in [0.15, 0.2) is 36.4 Å². The summed E-state index contributed by atoms with van der Waals surface area (Å²) < 4.78 is 30.6. The monoisotopic (exact) mass is 435 g/mol. The molecular weight excluding hydrogens is 406 g/mol. The van der Waals surface area contributed by atoms with E-state index in [9.17, 15) is 18.0 Å². The Kier molecular flexibility index (Phi) is 7.14. The van der Waals surface area contributed by atoms with Gasteiger partial charge in [0.05, 0.1) is 12.8 Å². The maximum atomic E-state index is 12.5. The number of hydrogen-bond acceptors (Lipinski definition) is 5. The molecule has 2 aliphatic rings. The van der Waals surface area contributed by atoms with Crippen molar-refractivity contribution >= 4 is 21.8 Å². The van der Waals surface area contributed by atoms with Gasteiger partial charge in [0.25, 0.3) is 5.91 Å². The van der Waals surface area contributed by atoms with Crippen LogP contribution >= 0.6 is 0 Å². The first-order valence-electron chi connectivity index (χ1n) is 10.1. The standard InChI is InChI=1S/C21H29N3O5S/c1-30(27,28)23-13-20(26)24-12-6-11-21(16-24)10-5-4-8-17-7-2-3-9-18(17)29-14-19(25)22-15-21/h2-5,7,9,23H,6,8,10-16H2,1H3,(H,22,25)/b5-4+. The van der Waals surface area contributed by atoms with Gasteiger partial charge in [-0.2, -0.15) is 0 Å². The van der Waals surface area contributed by atoms with Crippen LogP contribution in [0.25, 0.3) is 0 Å². The van der Waals surface area contributed by atoms with E-state index in [-0.39, 0.29) is 30.4 Å². The predicted molar refractivity (Wildman–Crippen MR) is 114 cm³/mol. The first-order valence-corrected chi connectivity index (χ1v) is 12.0. The fourth-order valence-electron chi connectivity index (χ4n) is 3.95. The zero-order chi connectivity index (χ0) is 21.6. The number of allylic oxidation sites excluding steroid dienone is 2. The van der Waals surface area contributed by atoms with Crippen LogP contribution in [-0.4, -0.2) is 64.2 Å². The smallest absolute Gasteiger partial charge is 0.257 e. The molecule has 1 saturated heterocycles. The second kappa shape index (κ2) is 9.61. The van der Waals surface area contributed by atoms with Crippen LogP contribution < -0.4 is 14.8 Å². The summed E-state index contributed by atoms with van der Waals surface area (Å²) >= 11 is 0. The van der Waals surface area contributed by atoms with E-state index < -0.39 is 10.0 Å². The molecule has 0 saturated carbocycles. The number of fused-ring (bicyclic) bond motifs is 1. The fourth-order valence-corrected chi connectivity index (χ4v) is 4.33. The van der Waals surface area contributed by atoms with Crippen LogP contribution in [-0.2, 0) is 26.0 Å². The van der Waals surface area contributed by atoms with E-state index in [0.717, 1.165) is 31.1 Å². The van der Waals surface area contributed by atoms with Gasteiger partial charge in [0, 0.05) is 25.0 Å². The Balaban J connectivity index is 1.73. The Morgan fingerprint density at radius 1 is 1.30 bits per heavy atom. The van der Waals surface area contributed by atoms with E-state index in [4.69, 9.17) is 4.74 Å². The van der Waals surface area contributed by atoms with Gasteiger partial charge in [0.1, 0.15) is 5.75 Å². The molecule has 0 aliphatic carbocycles. The van der Waals surface area contributed by atoms with Gasteiger partial charge < -0.3 is 15.0 Å². The summed E-state index contributed by atoms with van der Waals surface area (Å²) in [6.45, 7) is 1.18. The number of amides is 2. The molecule has 3 rings (SSSR count). The second-order valence-electron chi connectivity index (χ2n) is 8.06. The molecule has 0 aromatic heterocycles. The van der Waals surface area contributed by atoms with Gasteiger partial charge in [-0.3, -0.25) is 9.59 Å². The Bertz CT molecular complexity index is 915. The van der Waals surface area contributed by atoms with Crippen molar-refractivity contribution in [3.8, 4) is 5.75 Å². The quantitative estimate of drug-likeness (QED) is 0.685. The molecule has 2 heterocycles. The van der Waals surface area contributed by atoms with Crippen molar-refractivity contribution in [2.75, 3.05) is 39.0 Å². The SMILES string of the molecule is CS(=O)(=O)NCC(=O)N1CCCC2(C/C=C/Cc3ccccc3OCC(=O)NC2)C1. The lowest BCUT2D eigenvalue weighted by molar-refractivity contribution is -0.133. The molecule has 1 atom stereocenters. The van der Waals surface area contributed by atoms with E-state index in [1.54, 1.807) is 4.90 Å². The molecule has 1 spiro atoms. The molecule has 8 nitrogen and oxygen atoms in total. The van der Waals surface area contributed by atoms with E-state index >= 15 is 0 Å². The number of likely N-dealkylation sites (tertiary alicyclic amines) is 1. The molecule has 1 aromatic carbocycles. The number of benzene rings is 1. The van der Waals surface area contributed by atoms with Crippen molar-refractivity contribution in [1.29, 1.82) is 0 Å². The first-order chi connectivity index (χ1) is 14.3. The highest BCUT2D eigenvalue weighted by molar-refractivity contribution is 7.88. The van der Waals surface area contributed by atoms with Gasteiger partial charge in [-0.15, -0.1) is 0 Å². The summed E-state index contributed by atoms with van der Waals surface area (Å²) in [6, 6.07) is 7.67. The summed E-state index contributed by atoms with van der Waals surface area (Å²) in [6.07, 6.45) is 8.33. The highest BCUT2D eigenvalue weighted by Gasteiger charge is 2.36. The average Bonchev–Trinajstić information content (AvgIpc) is 2.72. The maximum absolute atomic E-state index is 12.5. The Morgan fingerprint density at radius 2 is 2.10 bits per heavy atom. The third-order valence-corrected chi connectivity index (χ3v) is 6.22. The van der Waals surface area contributed by atoms with E-state index in [1.165, 1.54) is 0 Å². The van der Waals surface area contributed by atoms with E-state index in [2.05, 4.69) is 22.2 Å². The topological polar surface area (TPSA) is 105 Å². The number of para-hydroxylation sites is 1. The number of carbonyl (C=O) groups excluding carboxylic acids is 2. The lowest BCUT2D eigenvalue weighted by atomic mass is 9.76. The first kappa shape index (κ1) is 22.3. The maximum Gasteiger partial charge on any atom is 0.257 e. The number of carbonyl (C=O) groups is 2. The van der Waals surface area contributed by atoms with Crippen LogP contribution in [0.3, 0.4) is 0 Å². The van der Waals surface area contributed by atoms with Crippen LogP contribution in [0.2, 0.25) is 0 Å². The van der Waals surface area contributed by atoms with E-state index in [1.807, 2.05) is 24.3 Å². The highest BCUT2D eigenvalue weighted by atomic mass is 32.2. The number of nitrogens with one attached hydrogen (secondary N) is 2. The van der Waals surface area contributed by atoms with Gasteiger partial charge in [0.2, 0.25) is 15.9 Å². The van der Waals surface area contributed by atoms with Crippen molar-refractivity contribution in [3.63, 3.8) is 0 Å². The third-order valence-electron chi connectivity index (χ3n) is 5.55. The molecule has 0 bridgehead atoms. The van der Waals surface area contributed by atoms with Gasteiger partial charge in [-0.25, -0.2) is 13.1 Å². The number of nitrogens with zero attached hydrogens (tertiary/aromatic N) is 1. The lowest BCUT2D eigenvalue weighted by Crippen LogP contribution is -2.53. The second-order valence-corrected chi connectivity index (χ2v) is 9.90. The van der Waals surface area contributed by atoms with Crippen LogP contribution in [0.5, 0.6) is 5.75 Å². The summed E-state index contributed by atoms with van der Waals surface area (Å²) in [7, 11) is -3.43. The number of rotatable bonds is 3.